The van der Waals surface area contributed by atoms with E-state index in [1.807, 2.05) is 24.3 Å². The summed E-state index contributed by atoms with van der Waals surface area (Å²) in [7, 11) is 1.33. The lowest BCUT2D eigenvalue weighted by Crippen LogP contribution is -2.27. The molecule has 222 valence electrons. The van der Waals surface area contributed by atoms with Crippen LogP contribution in [0.4, 0.5) is 0 Å². The summed E-state index contributed by atoms with van der Waals surface area (Å²) in [6.45, 7) is 11.4. The number of benzene rings is 2. The van der Waals surface area contributed by atoms with Crippen molar-refractivity contribution in [1.82, 2.24) is 4.90 Å². The van der Waals surface area contributed by atoms with Crippen LogP contribution in [0.3, 0.4) is 0 Å². The van der Waals surface area contributed by atoms with E-state index in [2.05, 4.69) is 18.7 Å². The SMILES string of the molecule is CCCCN(CCCC)CCCc1ccc(C(=O)c2c(CCC(=O)OC)oc3ccc(C(=O)OC(C)C)cc23)cc1. The van der Waals surface area contributed by atoms with Crippen molar-refractivity contribution in [1.29, 1.82) is 0 Å². The first kappa shape index (κ1) is 32.1. The number of ether oxygens (including phenoxy) is 2. The fourth-order valence-corrected chi connectivity index (χ4v) is 4.87. The molecular formula is C34H45NO6. The largest absolute Gasteiger partial charge is 0.469 e. The smallest absolute Gasteiger partial charge is 0.338 e. The summed E-state index contributed by atoms with van der Waals surface area (Å²) in [6.07, 6.45) is 6.90. The number of methoxy groups -OCH3 is 1. The Morgan fingerprint density at radius 2 is 1.49 bits per heavy atom. The predicted molar refractivity (Wildman–Crippen MR) is 162 cm³/mol. The van der Waals surface area contributed by atoms with Gasteiger partial charge in [0.1, 0.15) is 11.3 Å². The summed E-state index contributed by atoms with van der Waals surface area (Å²) in [5, 5.41) is 0.524. The average molecular weight is 564 g/mol. The lowest BCUT2D eigenvalue weighted by atomic mass is 9.96. The van der Waals surface area contributed by atoms with Crippen molar-refractivity contribution >= 4 is 28.7 Å². The minimum atomic E-state index is -0.468. The van der Waals surface area contributed by atoms with Gasteiger partial charge in [0.05, 0.1) is 30.8 Å². The van der Waals surface area contributed by atoms with Crippen molar-refractivity contribution in [2.24, 2.45) is 0 Å². The van der Waals surface area contributed by atoms with Gasteiger partial charge in [-0.2, -0.15) is 0 Å². The van der Waals surface area contributed by atoms with E-state index >= 15 is 0 Å². The fraction of sp³-hybridized carbons (Fsp3) is 0.500. The molecule has 0 fully saturated rings. The molecule has 3 rings (SSSR count). The highest BCUT2D eigenvalue weighted by Gasteiger charge is 2.24. The van der Waals surface area contributed by atoms with E-state index in [0.717, 1.165) is 32.5 Å². The van der Waals surface area contributed by atoms with Crippen LogP contribution in [-0.2, 0) is 27.1 Å². The zero-order valence-electron chi connectivity index (χ0n) is 25.3. The van der Waals surface area contributed by atoms with Gasteiger partial charge in [-0.05, 0) is 82.9 Å². The highest BCUT2D eigenvalue weighted by Crippen LogP contribution is 2.31. The number of nitrogens with zero attached hydrogens (tertiary/aromatic N) is 1. The molecule has 0 aliphatic carbocycles. The standard InChI is InChI=1S/C34H45NO6/c1-6-8-20-35(21-9-7-2)22-10-11-25-12-14-26(15-13-25)33(37)32-28-23-27(34(38)40-24(3)4)16-17-29(28)41-30(32)18-19-31(36)39-5/h12-17,23-24H,6-11,18-22H2,1-5H3. The number of esters is 2. The van der Waals surface area contributed by atoms with E-state index in [1.165, 1.54) is 38.4 Å². The Hall–Kier alpha value is -3.45. The number of hydrogen-bond donors (Lipinski definition) is 0. The Balaban J connectivity index is 1.81. The van der Waals surface area contributed by atoms with Crippen molar-refractivity contribution in [2.75, 3.05) is 26.7 Å². The lowest BCUT2D eigenvalue weighted by Gasteiger charge is -2.21. The molecule has 0 unspecified atom stereocenters. The average Bonchev–Trinajstić information content (AvgIpc) is 3.34. The molecule has 7 heteroatoms. The van der Waals surface area contributed by atoms with Gasteiger partial charge in [-0.25, -0.2) is 4.79 Å². The van der Waals surface area contributed by atoms with Gasteiger partial charge in [0, 0.05) is 17.4 Å². The number of carbonyl (C=O) groups is 3. The number of aryl methyl sites for hydroxylation is 2. The van der Waals surface area contributed by atoms with Gasteiger partial charge in [0.25, 0.3) is 0 Å². The summed E-state index contributed by atoms with van der Waals surface area (Å²) < 4.78 is 16.2. The van der Waals surface area contributed by atoms with E-state index in [4.69, 9.17) is 13.9 Å². The van der Waals surface area contributed by atoms with Crippen LogP contribution in [0.2, 0.25) is 0 Å². The number of fused-ring (bicyclic) bond motifs is 1. The van der Waals surface area contributed by atoms with Crippen molar-refractivity contribution in [3.05, 3.63) is 70.5 Å². The molecule has 0 bridgehead atoms. The number of carbonyl (C=O) groups excluding carboxylic acids is 3. The molecule has 0 aliphatic heterocycles. The maximum Gasteiger partial charge on any atom is 0.338 e. The Morgan fingerprint density at radius 3 is 2.10 bits per heavy atom. The first-order valence-corrected chi connectivity index (χ1v) is 15.0. The molecule has 0 spiro atoms. The lowest BCUT2D eigenvalue weighted by molar-refractivity contribution is -0.140. The molecule has 1 aromatic heterocycles. The second kappa shape index (κ2) is 16.1. The van der Waals surface area contributed by atoms with E-state index in [1.54, 1.807) is 32.0 Å². The van der Waals surface area contributed by atoms with Gasteiger partial charge >= 0.3 is 11.9 Å². The molecule has 0 amide bonds. The summed E-state index contributed by atoms with van der Waals surface area (Å²) in [5.74, 6) is -0.676. The molecule has 41 heavy (non-hydrogen) atoms. The van der Waals surface area contributed by atoms with E-state index in [-0.39, 0.29) is 24.7 Å². The molecule has 0 N–H and O–H groups in total. The highest BCUT2D eigenvalue weighted by molar-refractivity contribution is 6.17. The van der Waals surface area contributed by atoms with Crippen molar-refractivity contribution in [3.8, 4) is 0 Å². The second-order valence-electron chi connectivity index (χ2n) is 10.8. The molecule has 3 aromatic rings. The molecule has 0 radical (unpaired) electrons. The third-order valence-corrected chi connectivity index (χ3v) is 7.16. The van der Waals surface area contributed by atoms with Crippen molar-refractivity contribution in [2.45, 2.75) is 85.2 Å². The molecule has 1 heterocycles. The summed E-state index contributed by atoms with van der Waals surface area (Å²) in [6, 6.07) is 12.6. The number of ketones is 1. The van der Waals surface area contributed by atoms with Crippen LogP contribution in [0, 0.1) is 0 Å². The monoisotopic (exact) mass is 563 g/mol. The number of hydrogen-bond acceptors (Lipinski definition) is 7. The molecular weight excluding hydrogens is 518 g/mol. The molecule has 0 atom stereocenters. The number of furan rings is 1. The highest BCUT2D eigenvalue weighted by atomic mass is 16.5. The molecule has 0 saturated carbocycles. The van der Waals surface area contributed by atoms with Crippen LogP contribution in [0.15, 0.2) is 46.9 Å². The molecule has 7 nitrogen and oxygen atoms in total. The maximum atomic E-state index is 13.8. The van der Waals surface area contributed by atoms with Crippen LogP contribution < -0.4 is 0 Å². The van der Waals surface area contributed by atoms with Gasteiger partial charge in [-0.1, -0.05) is 51.0 Å². The molecule has 2 aromatic carbocycles. The second-order valence-corrected chi connectivity index (χ2v) is 10.8. The number of unbranched alkanes of at least 4 members (excludes halogenated alkanes) is 2. The first-order valence-electron chi connectivity index (χ1n) is 15.0. The van der Waals surface area contributed by atoms with Gasteiger partial charge in [0.2, 0.25) is 0 Å². The van der Waals surface area contributed by atoms with Gasteiger partial charge < -0.3 is 18.8 Å². The van der Waals surface area contributed by atoms with Crippen LogP contribution in [0.5, 0.6) is 0 Å². The summed E-state index contributed by atoms with van der Waals surface area (Å²) >= 11 is 0. The maximum absolute atomic E-state index is 13.8. The minimum absolute atomic E-state index is 0.0747. The first-order chi connectivity index (χ1) is 19.8. The predicted octanol–water partition coefficient (Wildman–Crippen LogP) is 7.17. The van der Waals surface area contributed by atoms with Gasteiger partial charge in [-0.3, -0.25) is 9.59 Å². The summed E-state index contributed by atoms with van der Waals surface area (Å²) in [5.41, 5.74) is 2.88. The fourth-order valence-electron chi connectivity index (χ4n) is 4.87. The topological polar surface area (TPSA) is 86.0 Å². The Bertz CT molecular complexity index is 1280. The molecule has 0 saturated heterocycles. The van der Waals surface area contributed by atoms with Gasteiger partial charge in [0.15, 0.2) is 5.78 Å². The zero-order chi connectivity index (χ0) is 29.8. The Labute approximate surface area is 244 Å². The Morgan fingerprint density at radius 1 is 0.854 bits per heavy atom. The van der Waals surface area contributed by atoms with E-state index < -0.39 is 11.9 Å². The van der Waals surface area contributed by atoms with Crippen LogP contribution in [0.1, 0.15) is 104 Å². The number of rotatable bonds is 17. The third-order valence-electron chi connectivity index (χ3n) is 7.16. The van der Waals surface area contributed by atoms with Crippen LogP contribution in [-0.4, -0.2) is 55.5 Å². The molecule has 0 aliphatic rings. The summed E-state index contributed by atoms with van der Waals surface area (Å²) in [4.78, 5) is 40.8. The van der Waals surface area contributed by atoms with Crippen molar-refractivity contribution < 1.29 is 28.3 Å². The van der Waals surface area contributed by atoms with E-state index in [0.29, 0.717) is 33.4 Å². The van der Waals surface area contributed by atoms with E-state index in [9.17, 15) is 14.4 Å². The van der Waals surface area contributed by atoms with Crippen LogP contribution in [0.25, 0.3) is 11.0 Å². The van der Waals surface area contributed by atoms with Crippen LogP contribution >= 0.6 is 0 Å². The third kappa shape index (κ3) is 9.28. The Kier molecular flexibility index (Phi) is 12.6. The quantitative estimate of drug-likeness (QED) is 0.127. The van der Waals surface area contributed by atoms with Gasteiger partial charge in [-0.15, -0.1) is 0 Å². The van der Waals surface area contributed by atoms with Crippen molar-refractivity contribution in [3.63, 3.8) is 0 Å². The normalized spacial score (nSPS) is 11.4. The minimum Gasteiger partial charge on any atom is -0.469 e. The zero-order valence-corrected chi connectivity index (χ0v) is 25.3.